The number of benzene rings is 2. The zero-order valence-electron chi connectivity index (χ0n) is 18.4. The zero-order valence-corrected chi connectivity index (χ0v) is 18.4. The molecule has 0 unspecified atom stereocenters. The van der Waals surface area contributed by atoms with Crippen LogP contribution in [0.3, 0.4) is 0 Å². The monoisotopic (exact) mass is 513 g/mol. The van der Waals surface area contributed by atoms with Crippen LogP contribution >= 0.6 is 0 Å². The van der Waals surface area contributed by atoms with E-state index in [1.807, 2.05) is 0 Å². The first-order valence-electron chi connectivity index (χ1n) is 10.7. The summed E-state index contributed by atoms with van der Waals surface area (Å²) >= 11 is 0. The number of fused-ring (bicyclic) bond motifs is 1. The summed E-state index contributed by atoms with van der Waals surface area (Å²) in [5, 5.41) is 8.92. The van der Waals surface area contributed by atoms with Gasteiger partial charge in [0.1, 0.15) is 17.0 Å². The van der Waals surface area contributed by atoms with E-state index in [1.165, 1.54) is 12.1 Å². The van der Waals surface area contributed by atoms with Gasteiger partial charge in [0.25, 0.3) is 6.43 Å². The lowest BCUT2D eigenvalue weighted by Crippen LogP contribution is -2.31. The largest absolute Gasteiger partial charge is 0.405 e. The van der Waals surface area contributed by atoms with E-state index in [9.17, 15) is 40.6 Å². The van der Waals surface area contributed by atoms with Gasteiger partial charge in [-0.05, 0) is 43.2 Å². The van der Waals surface area contributed by atoms with Crippen LogP contribution in [0.2, 0.25) is 0 Å². The van der Waals surface area contributed by atoms with Crippen molar-refractivity contribution in [3.8, 4) is 11.8 Å². The van der Waals surface area contributed by atoms with E-state index in [0.717, 1.165) is 28.8 Å². The molecule has 1 saturated carbocycles. The molecule has 2 aromatic carbocycles. The molecule has 0 amide bonds. The molecule has 0 atom stereocenters. The Labute approximate surface area is 199 Å². The average Bonchev–Trinajstić information content (AvgIpc) is 3.59. The fraction of sp³-hybridized carbons (Fsp3) is 0.333. The Morgan fingerprint density at radius 3 is 2.50 bits per heavy atom. The van der Waals surface area contributed by atoms with Crippen molar-refractivity contribution < 1.29 is 35.8 Å². The number of halogens is 7. The van der Waals surface area contributed by atoms with Crippen LogP contribution in [0.4, 0.5) is 42.2 Å². The Hall–Kier alpha value is -3.59. The standard InChI is InChI=1S/C24H18F7N3O2/c25-15-10-14(4-5-23(6-7-23)24(29,30)31)11-16(12-15)34(13-19(27)28)21-20-17(26)2-1-3-18(20)33(8-9-35)22(36)32-21/h1-3,10-12,19,35H,6-9,13H2. The molecule has 1 fully saturated rings. The van der Waals surface area contributed by atoms with Gasteiger partial charge in [-0.2, -0.15) is 18.2 Å². The van der Waals surface area contributed by atoms with E-state index in [-0.39, 0.29) is 41.5 Å². The Morgan fingerprint density at radius 2 is 1.89 bits per heavy atom. The second-order valence-electron chi connectivity index (χ2n) is 8.26. The van der Waals surface area contributed by atoms with Gasteiger partial charge in [0.2, 0.25) is 0 Å². The maximum absolute atomic E-state index is 14.9. The minimum atomic E-state index is -4.57. The highest BCUT2D eigenvalue weighted by Crippen LogP contribution is 2.57. The van der Waals surface area contributed by atoms with Crippen LogP contribution in [0, 0.1) is 28.9 Å². The number of aliphatic hydroxyl groups is 1. The van der Waals surface area contributed by atoms with E-state index in [1.54, 1.807) is 0 Å². The van der Waals surface area contributed by atoms with Crippen LogP contribution in [-0.4, -0.2) is 40.4 Å². The fourth-order valence-electron chi connectivity index (χ4n) is 3.83. The van der Waals surface area contributed by atoms with Gasteiger partial charge < -0.3 is 10.0 Å². The number of aliphatic hydroxyl groups excluding tert-OH is 1. The number of alkyl halides is 5. The molecule has 3 aromatic rings. The second-order valence-corrected chi connectivity index (χ2v) is 8.26. The smallest absolute Gasteiger partial charge is 0.395 e. The van der Waals surface area contributed by atoms with Crippen LogP contribution in [-0.2, 0) is 6.54 Å². The van der Waals surface area contributed by atoms with Gasteiger partial charge >= 0.3 is 11.9 Å². The van der Waals surface area contributed by atoms with Gasteiger partial charge in [0, 0.05) is 11.3 Å². The third kappa shape index (κ3) is 4.88. The lowest BCUT2D eigenvalue weighted by Gasteiger charge is -2.26. The molecule has 1 aromatic heterocycles. The maximum atomic E-state index is 14.9. The average molecular weight is 513 g/mol. The molecule has 0 radical (unpaired) electrons. The van der Waals surface area contributed by atoms with Crippen molar-refractivity contribution in [2.45, 2.75) is 32.0 Å². The molecular weight excluding hydrogens is 495 g/mol. The second kappa shape index (κ2) is 9.46. The number of rotatable bonds is 6. The maximum Gasteiger partial charge on any atom is 0.405 e. The highest BCUT2D eigenvalue weighted by atomic mass is 19.4. The number of nitrogens with zero attached hydrogens (tertiary/aromatic N) is 3. The Kier molecular flexibility index (Phi) is 6.70. The van der Waals surface area contributed by atoms with Gasteiger partial charge in [0.05, 0.1) is 30.6 Å². The van der Waals surface area contributed by atoms with E-state index >= 15 is 0 Å². The van der Waals surface area contributed by atoms with Crippen molar-refractivity contribution in [1.82, 2.24) is 9.55 Å². The van der Waals surface area contributed by atoms with Crippen LogP contribution in [0.1, 0.15) is 18.4 Å². The van der Waals surface area contributed by atoms with Gasteiger partial charge in [-0.25, -0.2) is 22.4 Å². The normalized spacial score (nSPS) is 14.6. The third-order valence-electron chi connectivity index (χ3n) is 5.77. The molecule has 12 heteroatoms. The highest BCUT2D eigenvalue weighted by molar-refractivity contribution is 5.92. The summed E-state index contributed by atoms with van der Waals surface area (Å²) in [6.07, 6.45) is -8.03. The Morgan fingerprint density at radius 1 is 1.17 bits per heavy atom. The summed E-state index contributed by atoms with van der Waals surface area (Å²) in [4.78, 5) is 17.1. The van der Waals surface area contributed by atoms with Gasteiger partial charge in [-0.1, -0.05) is 17.9 Å². The van der Waals surface area contributed by atoms with Gasteiger partial charge in [-0.15, -0.1) is 0 Å². The molecule has 4 rings (SSSR count). The molecular formula is C24H18F7N3O2. The number of hydrogen-bond acceptors (Lipinski definition) is 4. The van der Waals surface area contributed by atoms with E-state index in [2.05, 4.69) is 16.8 Å². The molecule has 5 nitrogen and oxygen atoms in total. The van der Waals surface area contributed by atoms with Crippen molar-refractivity contribution in [2.24, 2.45) is 5.41 Å². The molecule has 0 spiro atoms. The molecule has 36 heavy (non-hydrogen) atoms. The Bertz CT molecular complexity index is 1420. The quantitative estimate of drug-likeness (QED) is 0.382. The first-order chi connectivity index (χ1) is 17.0. The minimum Gasteiger partial charge on any atom is -0.395 e. The van der Waals surface area contributed by atoms with E-state index in [4.69, 9.17) is 0 Å². The molecule has 1 aliphatic rings. The minimum absolute atomic E-state index is 0.0458. The van der Waals surface area contributed by atoms with Crippen molar-refractivity contribution in [3.05, 3.63) is 64.1 Å². The van der Waals surface area contributed by atoms with E-state index < -0.39 is 54.3 Å². The van der Waals surface area contributed by atoms with Crippen LogP contribution in [0.15, 0.2) is 41.2 Å². The molecule has 0 aliphatic heterocycles. The fourth-order valence-corrected chi connectivity index (χ4v) is 3.83. The van der Waals surface area contributed by atoms with Crippen molar-refractivity contribution in [1.29, 1.82) is 0 Å². The van der Waals surface area contributed by atoms with Crippen molar-refractivity contribution in [3.63, 3.8) is 0 Å². The van der Waals surface area contributed by atoms with E-state index in [0.29, 0.717) is 4.90 Å². The third-order valence-corrected chi connectivity index (χ3v) is 5.77. The lowest BCUT2D eigenvalue weighted by atomic mass is 10.1. The van der Waals surface area contributed by atoms with Gasteiger partial charge in [0.15, 0.2) is 5.82 Å². The summed E-state index contributed by atoms with van der Waals surface area (Å²) in [6.45, 7) is -1.87. The summed E-state index contributed by atoms with van der Waals surface area (Å²) in [5.74, 6) is 1.92. The number of anilines is 2. The molecule has 1 heterocycles. The van der Waals surface area contributed by atoms with Crippen LogP contribution in [0.5, 0.6) is 0 Å². The molecule has 0 bridgehead atoms. The number of aromatic nitrogens is 2. The van der Waals surface area contributed by atoms with Crippen LogP contribution < -0.4 is 10.6 Å². The summed E-state index contributed by atoms with van der Waals surface area (Å²) in [5.41, 5.74) is -3.75. The lowest BCUT2D eigenvalue weighted by molar-refractivity contribution is -0.168. The first kappa shape index (κ1) is 25.5. The molecule has 1 N–H and O–H groups in total. The predicted molar refractivity (Wildman–Crippen MR) is 117 cm³/mol. The zero-order chi connectivity index (χ0) is 26.3. The van der Waals surface area contributed by atoms with Gasteiger partial charge in [-0.3, -0.25) is 4.57 Å². The van der Waals surface area contributed by atoms with Crippen LogP contribution in [0.25, 0.3) is 10.9 Å². The first-order valence-corrected chi connectivity index (χ1v) is 10.7. The molecule has 190 valence electrons. The topological polar surface area (TPSA) is 58.4 Å². The molecule has 0 saturated heterocycles. The summed E-state index contributed by atoms with van der Waals surface area (Å²) < 4.78 is 97.1. The number of hydrogen-bond donors (Lipinski definition) is 1. The Balaban J connectivity index is 1.89. The summed E-state index contributed by atoms with van der Waals surface area (Å²) in [6, 6.07) is 6.33. The molecule has 1 aliphatic carbocycles. The van der Waals surface area contributed by atoms with Crippen molar-refractivity contribution in [2.75, 3.05) is 18.1 Å². The van der Waals surface area contributed by atoms with Crippen molar-refractivity contribution >= 4 is 22.4 Å². The summed E-state index contributed by atoms with van der Waals surface area (Å²) in [7, 11) is 0. The SMILES string of the molecule is O=c1nc(N(CC(F)F)c2cc(F)cc(C#CC3(C(F)(F)F)CC3)c2)c2c(F)cccc2n1CCO. The highest BCUT2D eigenvalue weighted by Gasteiger charge is 2.62. The predicted octanol–water partition coefficient (Wildman–Crippen LogP) is 4.76.